The zero-order valence-electron chi connectivity index (χ0n) is 32.6. The molecular weight excluding hydrogens is 641 g/mol. The van der Waals surface area contributed by atoms with E-state index in [0.717, 1.165) is 0 Å². The lowest BCUT2D eigenvalue weighted by molar-refractivity contribution is -0.269. The van der Waals surface area contributed by atoms with Crippen molar-refractivity contribution in [2.24, 2.45) is 0 Å². The molecule has 1 fully saturated rings. The summed E-state index contributed by atoms with van der Waals surface area (Å²) in [5, 5.41) is -0.0740. The van der Waals surface area contributed by atoms with E-state index >= 15 is 0 Å². The highest BCUT2D eigenvalue weighted by Crippen LogP contribution is 2.44. The standard InChI is InChI=1S/C37H66O7Si3/c1-19-29(42-45(13,14)35(4,5)6)32(26(2)40-34(38)28-23-21-20-22-24-28)41-31-25-30(43-46(15,16)36(7,8)9)33(27(3)39-31)44-47(17,18)37(10,11)12/h1,20-24,26-27,29-33H,25H2,2-18H3/t26-,27-,29+,30-,31+,32-,33-/m1/s1. The minimum atomic E-state index is -2.34. The number of hydrogen-bond donors (Lipinski definition) is 0. The third kappa shape index (κ3) is 10.8. The van der Waals surface area contributed by atoms with Crippen molar-refractivity contribution in [3.8, 4) is 12.3 Å². The molecule has 7 nitrogen and oxygen atoms in total. The van der Waals surface area contributed by atoms with Gasteiger partial charge in [0.25, 0.3) is 0 Å². The lowest BCUT2D eigenvalue weighted by Crippen LogP contribution is -2.60. The number of hydrogen-bond acceptors (Lipinski definition) is 7. The van der Waals surface area contributed by atoms with Crippen molar-refractivity contribution in [3.63, 3.8) is 0 Å². The number of ether oxygens (including phenoxy) is 3. The van der Waals surface area contributed by atoms with Gasteiger partial charge in [0, 0.05) is 6.42 Å². The van der Waals surface area contributed by atoms with Crippen molar-refractivity contribution in [2.45, 2.75) is 180 Å². The molecule has 1 aromatic carbocycles. The molecule has 1 aliphatic heterocycles. The van der Waals surface area contributed by atoms with E-state index in [2.05, 4.69) is 108 Å². The average Bonchev–Trinajstić information content (AvgIpc) is 2.90. The minimum absolute atomic E-state index is 0.000675. The predicted molar refractivity (Wildman–Crippen MR) is 200 cm³/mol. The summed E-state index contributed by atoms with van der Waals surface area (Å²) in [6, 6.07) is 8.93. The van der Waals surface area contributed by atoms with Gasteiger partial charge in [-0.1, -0.05) is 86.4 Å². The fourth-order valence-electron chi connectivity index (χ4n) is 4.62. The van der Waals surface area contributed by atoms with Gasteiger partial charge in [0.05, 0.1) is 23.9 Å². The van der Waals surface area contributed by atoms with Crippen LogP contribution in [0.1, 0.15) is 92.9 Å². The van der Waals surface area contributed by atoms with Gasteiger partial charge < -0.3 is 27.5 Å². The number of terminal acetylenes is 1. The third-order valence-electron chi connectivity index (χ3n) is 10.9. The van der Waals surface area contributed by atoms with E-state index in [1.807, 2.05) is 32.0 Å². The summed E-state index contributed by atoms with van der Waals surface area (Å²) in [6.45, 7) is 37.2. The first-order chi connectivity index (χ1) is 21.1. The van der Waals surface area contributed by atoms with Crippen LogP contribution in [0.4, 0.5) is 0 Å². The van der Waals surface area contributed by atoms with Crippen LogP contribution in [0.5, 0.6) is 0 Å². The second-order valence-corrected chi connectivity index (χ2v) is 32.1. The van der Waals surface area contributed by atoms with E-state index in [-0.39, 0.29) is 33.4 Å². The molecule has 0 radical (unpaired) electrons. The maximum Gasteiger partial charge on any atom is 0.338 e. The summed E-state index contributed by atoms with van der Waals surface area (Å²) in [7, 11) is -6.73. The Labute approximate surface area is 290 Å². The molecular formula is C37H66O7Si3. The van der Waals surface area contributed by atoms with Gasteiger partial charge in [-0.05, 0) is 80.4 Å². The molecule has 268 valence electrons. The molecule has 1 aliphatic rings. The van der Waals surface area contributed by atoms with Crippen molar-refractivity contribution in [1.29, 1.82) is 0 Å². The maximum atomic E-state index is 13.2. The summed E-state index contributed by atoms with van der Waals surface area (Å²) in [5.41, 5.74) is 0.455. The van der Waals surface area contributed by atoms with Gasteiger partial charge in [-0.15, -0.1) is 6.42 Å². The summed E-state index contributed by atoms with van der Waals surface area (Å²) in [6.07, 6.45) is 2.83. The Bertz CT molecular complexity index is 1210. The largest absolute Gasteiger partial charge is 0.456 e. The van der Waals surface area contributed by atoms with Gasteiger partial charge in [0.15, 0.2) is 31.2 Å². The molecule has 7 atom stereocenters. The van der Waals surface area contributed by atoms with Crippen LogP contribution in [0.2, 0.25) is 54.4 Å². The van der Waals surface area contributed by atoms with Crippen molar-refractivity contribution in [3.05, 3.63) is 35.9 Å². The third-order valence-corrected chi connectivity index (χ3v) is 24.3. The highest BCUT2D eigenvalue weighted by atomic mass is 28.4. The molecule has 1 aromatic rings. The van der Waals surface area contributed by atoms with Crippen molar-refractivity contribution >= 4 is 30.9 Å². The van der Waals surface area contributed by atoms with Crippen LogP contribution >= 0.6 is 0 Å². The Hall–Kier alpha value is -1.30. The Morgan fingerprint density at radius 2 is 1.34 bits per heavy atom. The molecule has 2 rings (SSSR count). The first-order valence-electron chi connectivity index (χ1n) is 17.2. The summed E-state index contributed by atoms with van der Waals surface area (Å²) in [5.74, 6) is 2.40. The zero-order valence-corrected chi connectivity index (χ0v) is 35.6. The fraction of sp³-hybridized carbons (Fsp3) is 0.757. The Morgan fingerprint density at radius 3 is 1.81 bits per heavy atom. The molecule has 10 heteroatoms. The molecule has 1 heterocycles. The topological polar surface area (TPSA) is 72.5 Å². The van der Waals surface area contributed by atoms with Crippen molar-refractivity contribution in [1.82, 2.24) is 0 Å². The van der Waals surface area contributed by atoms with Crippen LogP contribution < -0.4 is 0 Å². The quantitative estimate of drug-likeness (QED) is 0.122. The number of esters is 1. The second kappa shape index (κ2) is 15.3. The molecule has 0 spiro atoms. The molecule has 1 saturated heterocycles. The average molecular weight is 707 g/mol. The summed E-state index contributed by atoms with van der Waals surface area (Å²) >= 11 is 0. The molecule has 0 aromatic heterocycles. The molecule has 0 N–H and O–H groups in total. The van der Waals surface area contributed by atoms with Crippen LogP contribution in [-0.4, -0.2) is 73.8 Å². The van der Waals surface area contributed by atoms with Gasteiger partial charge in [0.2, 0.25) is 0 Å². The van der Waals surface area contributed by atoms with Crippen LogP contribution in [-0.2, 0) is 27.5 Å². The fourth-order valence-corrected chi connectivity index (χ4v) is 8.53. The Balaban J connectivity index is 2.51. The molecule has 47 heavy (non-hydrogen) atoms. The number of benzene rings is 1. The van der Waals surface area contributed by atoms with E-state index in [0.29, 0.717) is 12.0 Å². The van der Waals surface area contributed by atoms with Gasteiger partial charge >= 0.3 is 5.97 Å². The Morgan fingerprint density at radius 1 is 0.851 bits per heavy atom. The van der Waals surface area contributed by atoms with E-state index < -0.39 is 55.5 Å². The minimum Gasteiger partial charge on any atom is -0.456 e. The predicted octanol–water partition coefficient (Wildman–Crippen LogP) is 9.56. The molecule has 0 amide bonds. The highest BCUT2D eigenvalue weighted by Gasteiger charge is 2.50. The zero-order chi connectivity index (χ0) is 36.4. The van der Waals surface area contributed by atoms with E-state index in [1.165, 1.54) is 0 Å². The van der Waals surface area contributed by atoms with Crippen LogP contribution in [0.3, 0.4) is 0 Å². The van der Waals surface area contributed by atoms with Gasteiger partial charge in [-0.25, -0.2) is 4.79 Å². The van der Waals surface area contributed by atoms with Crippen LogP contribution in [0.25, 0.3) is 0 Å². The second-order valence-electron chi connectivity index (χ2n) is 17.8. The SMILES string of the molecule is C#C[C@H](O[Si](C)(C)C(C)(C)C)[C@H](O[C@H]1C[C@@H](O[Si](C)(C)C(C)(C)C)[C@H](O[Si](C)(C)C(C)(C)C)[C@@H](C)O1)[C@@H](C)OC(=O)c1ccccc1. The van der Waals surface area contributed by atoms with E-state index in [1.54, 1.807) is 12.1 Å². The number of rotatable bonds is 12. The Kier molecular flexibility index (Phi) is 13.6. The van der Waals surface area contributed by atoms with E-state index in [9.17, 15) is 4.79 Å². The smallest absolute Gasteiger partial charge is 0.338 e. The van der Waals surface area contributed by atoms with Gasteiger partial charge in [-0.3, -0.25) is 0 Å². The van der Waals surface area contributed by atoms with Crippen LogP contribution in [0, 0.1) is 12.3 Å². The number of carbonyl (C=O) groups excluding carboxylic acids is 1. The monoisotopic (exact) mass is 706 g/mol. The van der Waals surface area contributed by atoms with Crippen molar-refractivity contribution < 1.29 is 32.3 Å². The highest BCUT2D eigenvalue weighted by molar-refractivity contribution is 6.75. The first-order valence-corrected chi connectivity index (χ1v) is 25.9. The summed E-state index contributed by atoms with van der Waals surface area (Å²) < 4.78 is 40.3. The van der Waals surface area contributed by atoms with E-state index in [4.69, 9.17) is 33.9 Å². The lowest BCUT2D eigenvalue weighted by atomic mass is 10.0. The molecule has 0 aliphatic carbocycles. The van der Waals surface area contributed by atoms with Gasteiger partial charge in [-0.2, -0.15) is 0 Å². The molecule has 0 saturated carbocycles. The molecule has 0 bridgehead atoms. The number of carbonyl (C=O) groups is 1. The molecule has 0 unspecified atom stereocenters. The van der Waals surface area contributed by atoms with Gasteiger partial charge in [0.1, 0.15) is 18.3 Å². The normalized spacial score (nSPS) is 23.8. The lowest BCUT2D eigenvalue weighted by Gasteiger charge is -2.50. The first kappa shape index (κ1) is 41.9. The van der Waals surface area contributed by atoms with Crippen LogP contribution in [0.15, 0.2) is 30.3 Å². The van der Waals surface area contributed by atoms with Crippen molar-refractivity contribution in [2.75, 3.05) is 0 Å². The summed E-state index contributed by atoms with van der Waals surface area (Å²) in [4.78, 5) is 13.2. The maximum absolute atomic E-state index is 13.2.